The zero-order valence-electron chi connectivity index (χ0n) is 9.47. The highest BCUT2D eigenvalue weighted by molar-refractivity contribution is 6.20. The molecule has 17 heavy (non-hydrogen) atoms. The molecule has 1 aliphatic rings. The van der Waals surface area contributed by atoms with Crippen molar-refractivity contribution in [2.75, 3.05) is 6.61 Å². The minimum Gasteiger partial charge on any atom is -0.373 e. The second-order valence-electron chi connectivity index (χ2n) is 4.43. The number of halogens is 1. The van der Waals surface area contributed by atoms with Gasteiger partial charge in [-0.15, -0.1) is 11.6 Å². The zero-order chi connectivity index (χ0) is 11.7. The summed E-state index contributed by atoms with van der Waals surface area (Å²) in [7, 11) is 0. The minimum atomic E-state index is 0.0878. The number of fused-ring (bicyclic) bond motifs is 1. The van der Waals surface area contributed by atoms with Crippen molar-refractivity contribution in [1.82, 2.24) is 4.98 Å². The second-order valence-corrected chi connectivity index (χ2v) is 5.05. The molecule has 2 atom stereocenters. The Morgan fingerprint density at radius 3 is 3.00 bits per heavy atom. The van der Waals surface area contributed by atoms with Crippen molar-refractivity contribution >= 4 is 22.4 Å². The Hall–Kier alpha value is -1.12. The molecule has 2 heterocycles. The van der Waals surface area contributed by atoms with Crippen LogP contribution in [0.5, 0.6) is 0 Å². The lowest BCUT2D eigenvalue weighted by Gasteiger charge is -2.27. The fourth-order valence-corrected chi connectivity index (χ4v) is 2.62. The lowest BCUT2D eigenvalue weighted by Crippen LogP contribution is -2.20. The number of nitrogens with zero attached hydrogens (tertiary/aromatic N) is 1. The number of hydrogen-bond donors (Lipinski definition) is 0. The van der Waals surface area contributed by atoms with Crippen LogP contribution in [0.25, 0.3) is 10.8 Å². The van der Waals surface area contributed by atoms with Crippen LogP contribution in [0.3, 0.4) is 0 Å². The van der Waals surface area contributed by atoms with Crippen molar-refractivity contribution in [3.8, 4) is 0 Å². The Bertz CT molecular complexity index is 523. The van der Waals surface area contributed by atoms with Crippen molar-refractivity contribution in [1.29, 1.82) is 0 Å². The number of pyridine rings is 1. The molecule has 3 heteroatoms. The number of alkyl halides is 1. The molecular weight excluding hydrogens is 234 g/mol. The molecule has 0 amide bonds. The summed E-state index contributed by atoms with van der Waals surface area (Å²) in [6.07, 6.45) is 5.69. The van der Waals surface area contributed by atoms with Gasteiger partial charge in [-0.05, 0) is 18.2 Å². The van der Waals surface area contributed by atoms with Gasteiger partial charge in [0.05, 0.1) is 6.10 Å². The highest BCUT2D eigenvalue weighted by Crippen LogP contribution is 2.33. The fraction of sp³-hybridized carbons (Fsp3) is 0.357. The van der Waals surface area contributed by atoms with Crippen LogP contribution < -0.4 is 0 Å². The Kier molecular flexibility index (Phi) is 3.00. The molecule has 2 aromatic rings. The smallest absolute Gasteiger partial charge is 0.0859 e. The van der Waals surface area contributed by atoms with Crippen molar-refractivity contribution in [3.05, 3.63) is 42.2 Å². The SMILES string of the molecule is ClC1CCOC(c2cncc3ccccc23)C1. The van der Waals surface area contributed by atoms with E-state index in [4.69, 9.17) is 16.3 Å². The normalized spacial score (nSPS) is 25.0. The van der Waals surface area contributed by atoms with E-state index in [-0.39, 0.29) is 11.5 Å². The predicted octanol–water partition coefficient (Wildman–Crippen LogP) is 3.69. The summed E-state index contributed by atoms with van der Waals surface area (Å²) in [6.45, 7) is 0.738. The maximum Gasteiger partial charge on any atom is 0.0859 e. The van der Waals surface area contributed by atoms with Crippen molar-refractivity contribution in [3.63, 3.8) is 0 Å². The van der Waals surface area contributed by atoms with E-state index < -0.39 is 0 Å². The molecule has 1 saturated heterocycles. The van der Waals surface area contributed by atoms with Gasteiger partial charge in [0.25, 0.3) is 0 Å². The van der Waals surface area contributed by atoms with Crippen molar-refractivity contribution < 1.29 is 4.74 Å². The minimum absolute atomic E-state index is 0.0878. The first-order chi connectivity index (χ1) is 8.34. The van der Waals surface area contributed by atoms with Gasteiger partial charge in [0.2, 0.25) is 0 Å². The van der Waals surface area contributed by atoms with Crippen LogP contribution >= 0.6 is 11.6 Å². The van der Waals surface area contributed by atoms with E-state index in [1.54, 1.807) is 0 Å². The molecule has 3 rings (SSSR count). The molecule has 1 aromatic carbocycles. The van der Waals surface area contributed by atoms with Gasteiger partial charge in [0.1, 0.15) is 0 Å². The molecule has 1 fully saturated rings. The number of aromatic nitrogens is 1. The van der Waals surface area contributed by atoms with Gasteiger partial charge in [0, 0.05) is 35.3 Å². The molecule has 2 nitrogen and oxygen atoms in total. The zero-order valence-corrected chi connectivity index (χ0v) is 10.2. The molecule has 0 bridgehead atoms. The first kappa shape index (κ1) is 11.0. The summed E-state index contributed by atoms with van der Waals surface area (Å²) in [5.41, 5.74) is 1.16. The molecule has 2 unspecified atom stereocenters. The molecule has 0 aliphatic carbocycles. The summed E-state index contributed by atoms with van der Waals surface area (Å²) < 4.78 is 5.82. The third-order valence-electron chi connectivity index (χ3n) is 3.27. The van der Waals surface area contributed by atoms with Gasteiger partial charge >= 0.3 is 0 Å². The van der Waals surface area contributed by atoms with E-state index >= 15 is 0 Å². The summed E-state index contributed by atoms with van der Waals surface area (Å²) in [5.74, 6) is 0. The van der Waals surface area contributed by atoms with E-state index in [1.165, 1.54) is 5.39 Å². The Morgan fingerprint density at radius 2 is 2.12 bits per heavy atom. The van der Waals surface area contributed by atoms with E-state index in [9.17, 15) is 0 Å². The maximum absolute atomic E-state index is 6.21. The van der Waals surface area contributed by atoms with Gasteiger partial charge in [-0.1, -0.05) is 24.3 Å². The Labute approximate surface area is 106 Å². The standard InChI is InChI=1S/C14H14ClNO/c15-11-5-6-17-14(7-11)13-9-16-8-10-3-1-2-4-12(10)13/h1-4,8-9,11,14H,5-7H2. The highest BCUT2D eigenvalue weighted by atomic mass is 35.5. The van der Waals surface area contributed by atoms with Crippen LogP contribution in [-0.2, 0) is 4.74 Å². The van der Waals surface area contributed by atoms with Crippen LogP contribution in [-0.4, -0.2) is 17.0 Å². The maximum atomic E-state index is 6.21. The summed E-state index contributed by atoms with van der Waals surface area (Å²) in [4.78, 5) is 4.29. The Balaban J connectivity index is 2.04. The topological polar surface area (TPSA) is 22.1 Å². The summed E-state index contributed by atoms with van der Waals surface area (Å²) in [5, 5.41) is 2.59. The number of rotatable bonds is 1. The fourth-order valence-electron chi connectivity index (χ4n) is 2.37. The van der Waals surface area contributed by atoms with Crippen LogP contribution in [0, 0.1) is 0 Å². The molecule has 1 aromatic heterocycles. The van der Waals surface area contributed by atoms with Crippen LogP contribution in [0.15, 0.2) is 36.7 Å². The summed E-state index contributed by atoms with van der Waals surface area (Å²) >= 11 is 6.21. The lowest BCUT2D eigenvalue weighted by atomic mass is 9.98. The molecule has 88 valence electrons. The average molecular weight is 248 g/mol. The van der Waals surface area contributed by atoms with Gasteiger partial charge < -0.3 is 4.74 Å². The second kappa shape index (κ2) is 4.63. The van der Waals surface area contributed by atoms with Gasteiger partial charge in [-0.25, -0.2) is 0 Å². The van der Waals surface area contributed by atoms with Crippen LogP contribution in [0.2, 0.25) is 0 Å². The largest absolute Gasteiger partial charge is 0.373 e. The Morgan fingerprint density at radius 1 is 1.24 bits per heavy atom. The third kappa shape index (κ3) is 2.15. The van der Waals surface area contributed by atoms with E-state index in [1.807, 2.05) is 24.5 Å². The van der Waals surface area contributed by atoms with Crippen LogP contribution in [0.4, 0.5) is 0 Å². The first-order valence-corrected chi connectivity index (χ1v) is 6.36. The van der Waals surface area contributed by atoms with E-state index in [2.05, 4.69) is 17.1 Å². The first-order valence-electron chi connectivity index (χ1n) is 5.93. The molecular formula is C14H14ClNO. The molecule has 0 spiro atoms. The van der Waals surface area contributed by atoms with Gasteiger partial charge in [-0.2, -0.15) is 0 Å². The molecule has 0 N–H and O–H groups in total. The summed E-state index contributed by atoms with van der Waals surface area (Å²) in [6, 6.07) is 8.27. The lowest BCUT2D eigenvalue weighted by molar-refractivity contribution is 0.0176. The molecule has 1 aliphatic heterocycles. The monoisotopic (exact) mass is 247 g/mol. The predicted molar refractivity (Wildman–Crippen MR) is 69.3 cm³/mol. The van der Waals surface area contributed by atoms with E-state index in [0.717, 1.165) is 30.4 Å². The van der Waals surface area contributed by atoms with Crippen molar-refractivity contribution in [2.24, 2.45) is 0 Å². The third-order valence-corrected chi connectivity index (χ3v) is 3.66. The van der Waals surface area contributed by atoms with Crippen molar-refractivity contribution in [2.45, 2.75) is 24.3 Å². The number of benzene rings is 1. The molecule has 0 radical (unpaired) electrons. The number of ether oxygens (including phenoxy) is 1. The van der Waals surface area contributed by atoms with Gasteiger partial charge in [-0.3, -0.25) is 4.98 Å². The highest BCUT2D eigenvalue weighted by Gasteiger charge is 2.23. The molecule has 0 saturated carbocycles. The van der Waals surface area contributed by atoms with E-state index in [0.29, 0.717) is 0 Å². The average Bonchev–Trinajstić information content (AvgIpc) is 2.38. The number of hydrogen-bond acceptors (Lipinski definition) is 2. The van der Waals surface area contributed by atoms with Gasteiger partial charge in [0.15, 0.2) is 0 Å². The van der Waals surface area contributed by atoms with Crippen LogP contribution in [0.1, 0.15) is 24.5 Å². The quantitative estimate of drug-likeness (QED) is 0.717.